The Balaban J connectivity index is 1.85. The summed E-state index contributed by atoms with van der Waals surface area (Å²) in [7, 11) is 1.60. The van der Waals surface area contributed by atoms with Gasteiger partial charge in [-0.3, -0.25) is 0 Å². The molecule has 4 nitrogen and oxygen atoms in total. The van der Waals surface area contributed by atoms with Gasteiger partial charge in [0.25, 0.3) is 0 Å². The first-order valence-electron chi connectivity index (χ1n) is 6.77. The molecule has 0 atom stereocenters. The highest BCUT2D eigenvalue weighted by Crippen LogP contribution is 2.29. The molecule has 0 amide bonds. The maximum absolute atomic E-state index is 9.88. The molecule has 0 unspecified atom stereocenters. The van der Waals surface area contributed by atoms with Crippen molar-refractivity contribution < 1.29 is 14.6 Å². The van der Waals surface area contributed by atoms with E-state index in [1.165, 1.54) is 0 Å². The van der Waals surface area contributed by atoms with Crippen LogP contribution >= 0.6 is 0 Å². The van der Waals surface area contributed by atoms with Crippen LogP contribution < -0.4 is 10.1 Å². The zero-order valence-corrected chi connectivity index (χ0v) is 11.7. The van der Waals surface area contributed by atoms with Gasteiger partial charge in [0.1, 0.15) is 11.5 Å². The quantitative estimate of drug-likeness (QED) is 0.858. The van der Waals surface area contributed by atoms with E-state index < -0.39 is 0 Å². The summed E-state index contributed by atoms with van der Waals surface area (Å²) < 4.78 is 10.5. The highest BCUT2D eigenvalue weighted by Gasteiger charge is 2.26. The third-order valence-electron chi connectivity index (χ3n) is 3.86. The Morgan fingerprint density at radius 2 is 2.11 bits per heavy atom. The number of phenolic OH excluding ortho intramolecular Hbond substituents is 1. The van der Waals surface area contributed by atoms with E-state index in [0.29, 0.717) is 17.7 Å². The Morgan fingerprint density at radius 3 is 2.74 bits per heavy atom. The molecule has 1 aliphatic rings. The molecular weight excluding hydrogens is 242 g/mol. The zero-order chi connectivity index (χ0) is 13.7. The minimum Gasteiger partial charge on any atom is -0.507 e. The normalized spacial score (nSPS) is 18.2. The Kier molecular flexibility index (Phi) is 4.66. The summed E-state index contributed by atoms with van der Waals surface area (Å²) >= 11 is 0. The highest BCUT2D eigenvalue weighted by molar-refractivity contribution is 5.39. The van der Waals surface area contributed by atoms with Gasteiger partial charge < -0.3 is 19.9 Å². The van der Waals surface area contributed by atoms with Gasteiger partial charge in [-0.25, -0.2) is 0 Å². The van der Waals surface area contributed by atoms with Gasteiger partial charge in [0.2, 0.25) is 0 Å². The monoisotopic (exact) mass is 265 g/mol. The summed E-state index contributed by atoms with van der Waals surface area (Å²) in [5, 5.41) is 13.3. The number of ether oxygens (including phenoxy) is 2. The molecule has 0 radical (unpaired) electrons. The van der Waals surface area contributed by atoms with Crippen molar-refractivity contribution in [2.24, 2.45) is 5.41 Å². The van der Waals surface area contributed by atoms with Crippen molar-refractivity contribution in [1.82, 2.24) is 5.32 Å². The maximum Gasteiger partial charge on any atom is 0.123 e. The molecule has 106 valence electrons. The smallest absolute Gasteiger partial charge is 0.123 e. The molecule has 19 heavy (non-hydrogen) atoms. The van der Waals surface area contributed by atoms with Crippen molar-refractivity contribution in [2.75, 3.05) is 26.9 Å². The van der Waals surface area contributed by atoms with Gasteiger partial charge in [-0.05, 0) is 24.3 Å². The molecule has 1 aliphatic heterocycles. The summed E-state index contributed by atoms with van der Waals surface area (Å²) in [5.41, 5.74) is 1.21. The number of nitrogens with one attached hydrogen (secondary N) is 1. The first kappa shape index (κ1) is 14.2. The van der Waals surface area contributed by atoms with Crippen molar-refractivity contribution in [3.63, 3.8) is 0 Å². The summed E-state index contributed by atoms with van der Waals surface area (Å²) in [6.07, 6.45) is 2.18. The molecule has 1 aromatic rings. The van der Waals surface area contributed by atoms with Gasteiger partial charge in [-0.2, -0.15) is 0 Å². The number of hydrogen-bond donors (Lipinski definition) is 2. The molecular formula is C15H23NO3. The standard InChI is InChI=1S/C15H23NO3/c1-15(5-7-19-8-6-15)11-16-10-12-3-4-13(18-2)9-14(12)17/h3-4,9,16-17H,5-8,10-11H2,1-2H3. The predicted molar refractivity (Wildman–Crippen MR) is 74.5 cm³/mol. The summed E-state index contributed by atoms with van der Waals surface area (Å²) in [6, 6.07) is 5.41. The van der Waals surface area contributed by atoms with Crippen LogP contribution in [0.5, 0.6) is 11.5 Å². The Morgan fingerprint density at radius 1 is 1.37 bits per heavy atom. The SMILES string of the molecule is COc1ccc(CNCC2(C)CCOCC2)c(O)c1. The largest absolute Gasteiger partial charge is 0.507 e. The van der Waals surface area contributed by atoms with E-state index >= 15 is 0 Å². The second kappa shape index (κ2) is 6.26. The van der Waals surface area contributed by atoms with E-state index in [1.807, 2.05) is 12.1 Å². The van der Waals surface area contributed by atoms with Crippen molar-refractivity contribution in [1.29, 1.82) is 0 Å². The molecule has 0 aromatic heterocycles. The van der Waals surface area contributed by atoms with Crippen molar-refractivity contribution in [2.45, 2.75) is 26.3 Å². The lowest BCUT2D eigenvalue weighted by molar-refractivity contribution is 0.0240. The third-order valence-corrected chi connectivity index (χ3v) is 3.86. The first-order valence-corrected chi connectivity index (χ1v) is 6.77. The number of hydrogen-bond acceptors (Lipinski definition) is 4. The van der Waals surface area contributed by atoms with Gasteiger partial charge in [-0.15, -0.1) is 0 Å². The molecule has 0 aliphatic carbocycles. The van der Waals surface area contributed by atoms with Crippen LogP contribution in [0, 0.1) is 5.41 Å². The lowest BCUT2D eigenvalue weighted by Crippen LogP contribution is -2.36. The average Bonchev–Trinajstić information content (AvgIpc) is 2.41. The second-order valence-electron chi connectivity index (χ2n) is 5.52. The van der Waals surface area contributed by atoms with E-state index in [4.69, 9.17) is 9.47 Å². The van der Waals surface area contributed by atoms with Crippen LogP contribution in [0.2, 0.25) is 0 Å². The molecule has 4 heteroatoms. The first-order chi connectivity index (χ1) is 9.13. The molecule has 1 fully saturated rings. The molecule has 2 rings (SSSR count). The number of benzene rings is 1. The van der Waals surface area contributed by atoms with E-state index in [2.05, 4.69) is 12.2 Å². The molecule has 2 N–H and O–H groups in total. The lowest BCUT2D eigenvalue weighted by Gasteiger charge is -2.33. The van der Waals surface area contributed by atoms with Gasteiger partial charge >= 0.3 is 0 Å². The number of aromatic hydroxyl groups is 1. The van der Waals surface area contributed by atoms with Crippen LogP contribution in [-0.4, -0.2) is 32.0 Å². The fourth-order valence-corrected chi connectivity index (χ4v) is 2.36. The van der Waals surface area contributed by atoms with Gasteiger partial charge in [0.05, 0.1) is 7.11 Å². The van der Waals surface area contributed by atoms with Crippen LogP contribution in [0.1, 0.15) is 25.3 Å². The number of rotatable bonds is 5. The lowest BCUT2D eigenvalue weighted by atomic mass is 9.82. The molecule has 0 bridgehead atoms. The Hall–Kier alpha value is -1.26. The molecule has 1 aromatic carbocycles. The fraction of sp³-hybridized carbons (Fsp3) is 0.600. The Bertz CT molecular complexity index is 414. The summed E-state index contributed by atoms with van der Waals surface area (Å²) in [6.45, 7) is 5.61. The van der Waals surface area contributed by atoms with Crippen molar-refractivity contribution in [3.05, 3.63) is 23.8 Å². The molecule has 0 saturated carbocycles. The van der Waals surface area contributed by atoms with Crippen LogP contribution in [0.25, 0.3) is 0 Å². The van der Waals surface area contributed by atoms with E-state index in [-0.39, 0.29) is 5.75 Å². The van der Waals surface area contributed by atoms with Gasteiger partial charge in [-0.1, -0.05) is 13.0 Å². The minimum absolute atomic E-state index is 0.281. The fourth-order valence-electron chi connectivity index (χ4n) is 2.36. The number of phenols is 1. The molecule has 1 saturated heterocycles. The van der Waals surface area contributed by atoms with Gasteiger partial charge in [0.15, 0.2) is 0 Å². The topological polar surface area (TPSA) is 50.7 Å². The summed E-state index contributed by atoms with van der Waals surface area (Å²) in [5.74, 6) is 0.960. The highest BCUT2D eigenvalue weighted by atomic mass is 16.5. The van der Waals surface area contributed by atoms with Crippen molar-refractivity contribution in [3.8, 4) is 11.5 Å². The van der Waals surface area contributed by atoms with E-state index in [0.717, 1.165) is 38.2 Å². The van der Waals surface area contributed by atoms with E-state index in [1.54, 1.807) is 13.2 Å². The Labute approximate surface area is 114 Å². The van der Waals surface area contributed by atoms with Crippen LogP contribution in [0.15, 0.2) is 18.2 Å². The molecule has 0 spiro atoms. The molecule has 1 heterocycles. The minimum atomic E-state index is 0.281. The second-order valence-corrected chi connectivity index (χ2v) is 5.52. The number of methoxy groups -OCH3 is 1. The third kappa shape index (κ3) is 3.85. The van der Waals surface area contributed by atoms with E-state index in [9.17, 15) is 5.11 Å². The van der Waals surface area contributed by atoms with Crippen LogP contribution in [-0.2, 0) is 11.3 Å². The van der Waals surface area contributed by atoms with Crippen LogP contribution in [0.3, 0.4) is 0 Å². The zero-order valence-electron chi connectivity index (χ0n) is 11.7. The summed E-state index contributed by atoms with van der Waals surface area (Å²) in [4.78, 5) is 0. The van der Waals surface area contributed by atoms with Gasteiger partial charge in [0, 0.05) is 37.9 Å². The van der Waals surface area contributed by atoms with Crippen LogP contribution in [0.4, 0.5) is 0 Å². The predicted octanol–water partition coefficient (Wildman–Crippen LogP) is 2.31. The average molecular weight is 265 g/mol. The maximum atomic E-state index is 9.88. The van der Waals surface area contributed by atoms with Crippen molar-refractivity contribution >= 4 is 0 Å².